The van der Waals surface area contributed by atoms with E-state index in [1.54, 1.807) is 0 Å². The molecule has 0 aliphatic heterocycles. The van der Waals surface area contributed by atoms with Crippen LogP contribution in [0.25, 0.3) is 0 Å². The van der Waals surface area contributed by atoms with Crippen molar-refractivity contribution in [3.8, 4) is 0 Å². The summed E-state index contributed by atoms with van der Waals surface area (Å²) < 4.78 is 5.54. The van der Waals surface area contributed by atoms with Crippen LogP contribution >= 0.6 is 0 Å². The van der Waals surface area contributed by atoms with E-state index in [1.165, 1.54) is 12.8 Å². The van der Waals surface area contributed by atoms with Crippen LogP contribution in [0.1, 0.15) is 32.6 Å². The van der Waals surface area contributed by atoms with Crippen LogP contribution in [0, 0.1) is 23.7 Å². The van der Waals surface area contributed by atoms with E-state index in [9.17, 15) is 4.79 Å². The van der Waals surface area contributed by atoms with E-state index in [2.05, 4.69) is 12.2 Å². The molecule has 0 aromatic heterocycles. The molecule has 82 valence electrons. The van der Waals surface area contributed by atoms with Gasteiger partial charge in [-0.3, -0.25) is 4.79 Å². The van der Waals surface area contributed by atoms with Crippen molar-refractivity contribution in [3.63, 3.8) is 0 Å². The second-order valence-electron chi connectivity index (χ2n) is 5.18. The molecule has 0 spiro atoms. The normalized spacial score (nSPS) is 45.8. The fraction of sp³-hybridized carbons (Fsp3) is 0.769. The number of esters is 1. The average Bonchev–Trinajstić information content (AvgIpc) is 2.87. The highest BCUT2D eigenvalue weighted by molar-refractivity contribution is 5.69. The maximum atomic E-state index is 11.3. The van der Waals surface area contributed by atoms with Gasteiger partial charge in [0.1, 0.15) is 6.10 Å². The number of ether oxygens (including phenoxy) is 1. The van der Waals surface area contributed by atoms with Crippen LogP contribution in [-0.4, -0.2) is 12.1 Å². The molecule has 2 nitrogen and oxygen atoms in total. The number of fused-ring (bicyclic) bond motifs is 5. The van der Waals surface area contributed by atoms with Crippen LogP contribution in [0.5, 0.6) is 0 Å². The first-order chi connectivity index (χ1) is 7.29. The first-order valence-corrected chi connectivity index (χ1v) is 6.15. The molecule has 2 bridgehead atoms. The molecule has 0 aromatic rings. The summed E-state index contributed by atoms with van der Waals surface area (Å²) in [4.78, 5) is 11.3. The maximum Gasteiger partial charge on any atom is 0.305 e. The first-order valence-electron chi connectivity index (χ1n) is 6.15. The summed E-state index contributed by atoms with van der Waals surface area (Å²) in [6.45, 7) is 1.87. The fourth-order valence-corrected chi connectivity index (χ4v) is 3.88. The third-order valence-electron chi connectivity index (χ3n) is 4.51. The highest BCUT2D eigenvalue weighted by Gasteiger charge is 2.53. The first kappa shape index (κ1) is 9.44. The van der Waals surface area contributed by atoms with Crippen LogP contribution in [0.2, 0.25) is 0 Å². The molecule has 15 heavy (non-hydrogen) atoms. The Morgan fingerprint density at radius 3 is 3.07 bits per heavy atom. The van der Waals surface area contributed by atoms with E-state index in [1.807, 2.05) is 6.92 Å². The molecule has 0 radical (unpaired) electrons. The Hall–Kier alpha value is -0.790. The lowest BCUT2D eigenvalue weighted by Crippen LogP contribution is -2.32. The van der Waals surface area contributed by atoms with Crippen LogP contribution in [-0.2, 0) is 9.53 Å². The summed E-state index contributed by atoms with van der Waals surface area (Å²) in [7, 11) is 0. The Bertz CT molecular complexity index is 308. The van der Waals surface area contributed by atoms with Gasteiger partial charge in [-0.2, -0.15) is 0 Å². The molecule has 0 heterocycles. The van der Waals surface area contributed by atoms with Crippen molar-refractivity contribution in [3.05, 3.63) is 12.2 Å². The lowest BCUT2D eigenvalue weighted by molar-refractivity contribution is -0.152. The van der Waals surface area contributed by atoms with E-state index in [0.29, 0.717) is 12.3 Å². The van der Waals surface area contributed by atoms with Crippen molar-refractivity contribution >= 4 is 5.97 Å². The van der Waals surface area contributed by atoms with Gasteiger partial charge in [-0.25, -0.2) is 0 Å². The van der Waals surface area contributed by atoms with Crippen molar-refractivity contribution < 1.29 is 9.53 Å². The molecule has 3 rings (SSSR count). The molecule has 3 unspecified atom stereocenters. The van der Waals surface area contributed by atoms with Gasteiger partial charge < -0.3 is 4.74 Å². The molecule has 2 saturated carbocycles. The highest BCUT2D eigenvalue weighted by atomic mass is 16.5. The molecule has 0 saturated heterocycles. The van der Waals surface area contributed by atoms with Crippen molar-refractivity contribution in [2.75, 3.05) is 0 Å². The van der Waals surface area contributed by atoms with E-state index in [0.717, 1.165) is 24.2 Å². The molecular formula is C13H18O2. The molecule has 3 aliphatic rings. The Morgan fingerprint density at radius 2 is 2.27 bits per heavy atom. The zero-order chi connectivity index (χ0) is 10.4. The summed E-state index contributed by atoms with van der Waals surface area (Å²) in [5.74, 6) is 3.04. The third kappa shape index (κ3) is 1.34. The molecule has 3 aliphatic carbocycles. The van der Waals surface area contributed by atoms with Gasteiger partial charge in [0.05, 0.1) is 0 Å². The quantitative estimate of drug-likeness (QED) is 0.512. The van der Waals surface area contributed by atoms with Gasteiger partial charge in [0.25, 0.3) is 0 Å². The van der Waals surface area contributed by atoms with Gasteiger partial charge in [0.15, 0.2) is 0 Å². The van der Waals surface area contributed by atoms with Crippen molar-refractivity contribution in [1.82, 2.24) is 0 Å². The van der Waals surface area contributed by atoms with Crippen molar-refractivity contribution in [2.24, 2.45) is 23.7 Å². The SMILES string of the molecule is CCC(=O)OC1C[C@@H]2C[C@H]1C1CC=CC12. The zero-order valence-electron chi connectivity index (χ0n) is 9.19. The van der Waals surface area contributed by atoms with Crippen LogP contribution in [0.4, 0.5) is 0 Å². The molecule has 0 aromatic carbocycles. The largest absolute Gasteiger partial charge is 0.462 e. The molecule has 5 atom stereocenters. The second-order valence-corrected chi connectivity index (χ2v) is 5.18. The van der Waals surface area contributed by atoms with E-state index >= 15 is 0 Å². The van der Waals surface area contributed by atoms with Gasteiger partial charge in [0.2, 0.25) is 0 Å². The number of carbonyl (C=O) groups excluding carboxylic acids is 1. The second kappa shape index (κ2) is 3.36. The van der Waals surface area contributed by atoms with Gasteiger partial charge in [-0.05, 0) is 42.9 Å². The van der Waals surface area contributed by atoms with Crippen molar-refractivity contribution in [2.45, 2.75) is 38.7 Å². The number of rotatable bonds is 2. The Kier molecular flexibility index (Phi) is 2.11. The standard InChI is InChI=1S/C13H18O2/c1-2-13(14)15-12-7-8-6-11(12)10-5-3-4-9(8)10/h3-4,8-12H,2,5-7H2,1H3/t8-,9?,10?,11-,12?/m0/s1. The lowest BCUT2D eigenvalue weighted by atomic mass is 9.80. The van der Waals surface area contributed by atoms with E-state index < -0.39 is 0 Å². The van der Waals surface area contributed by atoms with Gasteiger partial charge in [-0.1, -0.05) is 19.1 Å². The van der Waals surface area contributed by atoms with Crippen LogP contribution < -0.4 is 0 Å². The minimum atomic E-state index is -0.0185. The third-order valence-corrected chi connectivity index (χ3v) is 4.51. The highest BCUT2D eigenvalue weighted by Crippen LogP contribution is 2.57. The summed E-state index contributed by atoms with van der Waals surface area (Å²) in [5, 5.41) is 0. The Balaban J connectivity index is 1.69. The summed E-state index contributed by atoms with van der Waals surface area (Å²) in [6.07, 6.45) is 9.09. The number of carbonyl (C=O) groups is 1. The fourth-order valence-electron chi connectivity index (χ4n) is 3.88. The van der Waals surface area contributed by atoms with E-state index in [-0.39, 0.29) is 12.1 Å². The predicted molar refractivity (Wildman–Crippen MR) is 57.1 cm³/mol. The minimum absolute atomic E-state index is 0.0185. The monoisotopic (exact) mass is 206 g/mol. The minimum Gasteiger partial charge on any atom is -0.462 e. The van der Waals surface area contributed by atoms with Gasteiger partial charge >= 0.3 is 5.97 Å². The van der Waals surface area contributed by atoms with Crippen molar-refractivity contribution in [1.29, 1.82) is 0 Å². The zero-order valence-corrected chi connectivity index (χ0v) is 9.19. The van der Waals surface area contributed by atoms with Crippen LogP contribution in [0.3, 0.4) is 0 Å². The number of hydrogen-bond acceptors (Lipinski definition) is 2. The average molecular weight is 206 g/mol. The lowest BCUT2D eigenvalue weighted by Gasteiger charge is -2.30. The summed E-state index contributed by atoms with van der Waals surface area (Å²) >= 11 is 0. The number of allylic oxidation sites excluding steroid dienone is 2. The van der Waals surface area contributed by atoms with Crippen LogP contribution in [0.15, 0.2) is 12.2 Å². The summed E-state index contributed by atoms with van der Waals surface area (Å²) in [5.41, 5.74) is 0. The smallest absolute Gasteiger partial charge is 0.305 e. The number of hydrogen-bond donors (Lipinski definition) is 0. The summed E-state index contributed by atoms with van der Waals surface area (Å²) in [6, 6.07) is 0. The molecule has 0 amide bonds. The topological polar surface area (TPSA) is 26.3 Å². The van der Waals surface area contributed by atoms with Gasteiger partial charge in [0, 0.05) is 6.42 Å². The van der Waals surface area contributed by atoms with Gasteiger partial charge in [-0.15, -0.1) is 0 Å². The van der Waals surface area contributed by atoms with E-state index in [4.69, 9.17) is 4.74 Å². The molecule has 2 fully saturated rings. The Morgan fingerprint density at radius 1 is 1.40 bits per heavy atom. The predicted octanol–water partition coefficient (Wildman–Crippen LogP) is 2.54. The molecule has 2 heteroatoms. The molecular weight excluding hydrogens is 188 g/mol. The maximum absolute atomic E-state index is 11.3. The molecule has 0 N–H and O–H groups in total. The Labute approximate surface area is 90.7 Å².